The molecule has 6 nitrogen and oxygen atoms in total. The van der Waals surface area contributed by atoms with E-state index in [1.54, 1.807) is 11.3 Å². The van der Waals surface area contributed by atoms with Crippen LogP contribution in [-0.4, -0.2) is 43.0 Å². The number of hydrogen-bond donors (Lipinski definition) is 2. The number of aromatic nitrogens is 1. The molecule has 1 aromatic heterocycles. The van der Waals surface area contributed by atoms with Crippen molar-refractivity contribution in [2.24, 2.45) is 4.99 Å². The fourth-order valence-corrected chi connectivity index (χ4v) is 4.23. The summed E-state index contributed by atoms with van der Waals surface area (Å²) in [4.78, 5) is 25.0. The Kier molecular flexibility index (Phi) is 7.03. The van der Waals surface area contributed by atoms with Gasteiger partial charge in [-0.2, -0.15) is 0 Å². The lowest BCUT2D eigenvalue weighted by atomic mass is 10.0. The second kappa shape index (κ2) is 9.68. The molecule has 2 aromatic rings. The number of benzene rings is 1. The van der Waals surface area contributed by atoms with Crippen molar-refractivity contribution in [3.63, 3.8) is 0 Å². The smallest absolute Gasteiger partial charge is 0.248 e. The molecule has 150 valence electrons. The highest BCUT2D eigenvalue weighted by atomic mass is 32.1. The Morgan fingerprint density at radius 2 is 2.11 bits per heavy atom. The van der Waals surface area contributed by atoms with Gasteiger partial charge in [0.25, 0.3) is 0 Å². The maximum absolute atomic E-state index is 12.8. The lowest BCUT2D eigenvalue weighted by Gasteiger charge is -2.29. The number of amides is 1. The van der Waals surface area contributed by atoms with Crippen molar-refractivity contribution in [3.05, 3.63) is 45.4 Å². The van der Waals surface area contributed by atoms with Crippen LogP contribution in [0.5, 0.6) is 0 Å². The third kappa shape index (κ3) is 5.10. The van der Waals surface area contributed by atoms with Crippen molar-refractivity contribution in [1.82, 2.24) is 15.6 Å². The third-order valence-corrected chi connectivity index (χ3v) is 5.96. The summed E-state index contributed by atoms with van der Waals surface area (Å²) >= 11 is 1.74. The van der Waals surface area contributed by atoms with Crippen LogP contribution in [0.2, 0.25) is 0 Å². The van der Waals surface area contributed by atoms with Crippen LogP contribution in [0, 0.1) is 13.8 Å². The van der Waals surface area contributed by atoms with Crippen molar-refractivity contribution in [2.45, 2.75) is 40.0 Å². The second-order valence-corrected chi connectivity index (χ2v) is 8.19. The molecule has 0 unspecified atom stereocenters. The van der Waals surface area contributed by atoms with Crippen LogP contribution in [-0.2, 0) is 17.6 Å². The number of fused-ring (bicyclic) bond motifs is 1. The highest BCUT2D eigenvalue weighted by Crippen LogP contribution is 2.26. The zero-order valence-electron chi connectivity index (χ0n) is 16.9. The van der Waals surface area contributed by atoms with E-state index in [-0.39, 0.29) is 12.5 Å². The van der Waals surface area contributed by atoms with E-state index < -0.39 is 0 Å². The summed E-state index contributed by atoms with van der Waals surface area (Å²) in [6, 6.07) is 8.15. The molecule has 0 atom stereocenters. The van der Waals surface area contributed by atoms with Crippen LogP contribution < -0.4 is 15.5 Å². The number of guanidine groups is 1. The van der Waals surface area contributed by atoms with E-state index in [4.69, 9.17) is 0 Å². The Morgan fingerprint density at radius 1 is 1.29 bits per heavy atom. The number of thiazole rings is 1. The zero-order chi connectivity index (χ0) is 19.9. The van der Waals surface area contributed by atoms with E-state index in [1.807, 2.05) is 36.9 Å². The average molecular weight is 400 g/mol. The number of anilines is 1. The number of hydrogen-bond acceptors (Lipinski definition) is 4. The number of nitrogens with one attached hydrogen (secondary N) is 2. The van der Waals surface area contributed by atoms with Crippen LogP contribution in [0.25, 0.3) is 0 Å². The van der Waals surface area contributed by atoms with Gasteiger partial charge in [0, 0.05) is 36.6 Å². The number of carbonyl (C=O) groups is 1. The number of carbonyl (C=O) groups excluding carboxylic acids is 1. The summed E-state index contributed by atoms with van der Waals surface area (Å²) in [5, 5.41) is 7.65. The minimum absolute atomic E-state index is 0.0375. The Hall–Kier alpha value is -2.41. The molecule has 2 N–H and O–H groups in total. The quantitative estimate of drug-likeness (QED) is 0.579. The first-order chi connectivity index (χ1) is 13.6. The van der Waals surface area contributed by atoms with Gasteiger partial charge in [-0.05, 0) is 45.2 Å². The monoisotopic (exact) mass is 399 g/mol. The van der Waals surface area contributed by atoms with Crippen molar-refractivity contribution in [3.8, 4) is 0 Å². The van der Waals surface area contributed by atoms with Crippen LogP contribution >= 0.6 is 11.3 Å². The molecule has 1 aliphatic heterocycles. The maximum atomic E-state index is 12.8. The van der Waals surface area contributed by atoms with Crippen LogP contribution in [0.1, 0.15) is 34.5 Å². The van der Waals surface area contributed by atoms with Gasteiger partial charge in [-0.3, -0.25) is 4.79 Å². The van der Waals surface area contributed by atoms with Crippen molar-refractivity contribution in [1.29, 1.82) is 0 Å². The zero-order valence-corrected chi connectivity index (χ0v) is 17.7. The van der Waals surface area contributed by atoms with Crippen LogP contribution in [0.3, 0.4) is 0 Å². The normalized spacial score (nSPS) is 14.0. The molecule has 28 heavy (non-hydrogen) atoms. The molecular formula is C21H29N5OS. The van der Waals surface area contributed by atoms with Gasteiger partial charge in [-0.15, -0.1) is 11.3 Å². The summed E-state index contributed by atoms with van der Waals surface area (Å²) in [6.07, 6.45) is 2.87. The minimum Gasteiger partial charge on any atom is -0.357 e. The molecule has 1 aliphatic rings. The number of nitrogens with zero attached hydrogens (tertiary/aromatic N) is 3. The molecule has 1 aromatic carbocycles. The van der Waals surface area contributed by atoms with Crippen LogP contribution in [0.15, 0.2) is 29.3 Å². The summed E-state index contributed by atoms with van der Waals surface area (Å²) < 4.78 is 0. The van der Waals surface area contributed by atoms with Gasteiger partial charge in [-0.25, -0.2) is 9.98 Å². The van der Waals surface area contributed by atoms with Crippen molar-refractivity contribution >= 4 is 28.9 Å². The predicted octanol–water partition coefficient (Wildman–Crippen LogP) is 2.84. The van der Waals surface area contributed by atoms with Gasteiger partial charge in [-0.1, -0.05) is 18.2 Å². The Morgan fingerprint density at radius 3 is 2.86 bits per heavy atom. The van der Waals surface area contributed by atoms with Crippen molar-refractivity contribution < 1.29 is 4.79 Å². The van der Waals surface area contributed by atoms with E-state index in [0.29, 0.717) is 5.96 Å². The molecule has 0 saturated carbocycles. The summed E-state index contributed by atoms with van der Waals surface area (Å²) in [7, 11) is 0. The number of aryl methyl sites for hydroxylation is 3. The highest BCUT2D eigenvalue weighted by molar-refractivity contribution is 7.11. The molecule has 0 saturated heterocycles. The summed E-state index contributed by atoms with van der Waals surface area (Å²) in [6.45, 7) is 8.55. The lowest BCUT2D eigenvalue weighted by Crippen LogP contribution is -2.41. The average Bonchev–Trinajstić information content (AvgIpc) is 3.02. The Balaban J connectivity index is 1.57. The van der Waals surface area contributed by atoms with E-state index >= 15 is 0 Å². The summed E-state index contributed by atoms with van der Waals surface area (Å²) in [5.41, 5.74) is 3.37. The molecule has 2 heterocycles. The van der Waals surface area contributed by atoms with Gasteiger partial charge in [0.2, 0.25) is 5.91 Å². The highest BCUT2D eigenvalue weighted by Gasteiger charge is 2.21. The van der Waals surface area contributed by atoms with Gasteiger partial charge in [0.15, 0.2) is 5.96 Å². The standard InChI is InChI=1S/C21H29N5OS/c1-4-22-21(23-12-11-19-25-15(2)16(3)28-19)24-14-20(27)26-13-7-9-17-8-5-6-10-18(17)26/h5-6,8,10H,4,7,9,11-14H2,1-3H3,(H2,22,23,24). The topological polar surface area (TPSA) is 69.6 Å². The van der Waals surface area contributed by atoms with E-state index in [9.17, 15) is 4.79 Å². The molecule has 3 rings (SSSR count). The fourth-order valence-electron chi connectivity index (χ4n) is 3.30. The molecule has 7 heteroatoms. The maximum Gasteiger partial charge on any atom is 0.248 e. The molecule has 0 bridgehead atoms. The van der Waals surface area contributed by atoms with E-state index in [0.717, 1.165) is 55.3 Å². The lowest BCUT2D eigenvalue weighted by molar-refractivity contribution is -0.117. The van der Waals surface area contributed by atoms with Crippen molar-refractivity contribution in [2.75, 3.05) is 31.1 Å². The second-order valence-electron chi connectivity index (χ2n) is 6.90. The fraction of sp³-hybridized carbons (Fsp3) is 0.476. The van der Waals surface area contributed by atoms with Gasteiger partial charge in [0.05, 0.1) is 10.7 Å². The molecule has 0 radical (unpaired) electrons. The molecule has 0 fully saturated rings. The minimum atomic E-state index is 0.0375. The predicted molar refractivity (Wildman–Crippen MR) is 116 cm³/mol. The molecule has 0 spiro atoms. The number of para-hydroxylation sites is 1. The van der Waals surface area contributed by atoms with Gasteiger partial charge >= 0.3 is 0 Å². The Bertz CT molecular complexity index is 826. The third-order valence-electron chi connectivity index (χ3n) is 4.83. The largest absolute Gasteiger partial charge is 0.357 e. The first kappa shape index (κ1) is 20.3. The molecular weight excluding hydrogens is 370 g/mol. The van der Waals surface area contributed by atoms with Crippen LogP contribution in [0.4, 0.5) is 5.69 Å². The molecule has 1 amide bonds. The first-order valence-corrected chi connectivity index (χ1v) is 10.7. The van der Waals surface area contributed by atoms with Gasteiger partial charge < -0.3 is 15.5 Å². The molecule has 0 aliphatic carbocycles. The number of rotatable bonds is 6. The van der Waals surface area contributed by atoms with E-state index in [1.165, 1.54) is 10.4 Å². The van der Waals surface area contributed by atoms with E-state index in [2.05, 4.69) is 33.6 Å². The Labute approximate surface area is 171 Å². The SMILES string of the molecule is CCNC(=NCC(=O)N1CCCc2ccccc21)NCCc1nc(C)c(C)s1. The van der Waals surface area contributed by atoms with Gasteiger partial charge in [0.1, 0.15) is 6.54 Å². The first-order valence-electron chi connectivity index (χ1n) is 9.92. The number of aliphatic imine (C=N–C) groups is 1. The summed E-state index contributed by atoms with van der Waals surface area (Å²) in [5.74, 6) is 0.710.